The van der Waals surface area contributed by atoms with E-state index in [1.165, 1.54) is 12.0 Å². The van der Waals surface area contributed by atoms with Gasteiger partial charge in [-0.2, -0.15) is 0 Å². The summed E-state index contributed by atoms with van der Waals surface area (Å²) in [4.78, 5) is 31.9. The topological polar surface area (TPSA) is 55.7 Å². The van der Waals surface area contributed by atoms with Gasteiger partial charge in [-0.05, 0) is 56.1 Å². The van der Waals surface area contributed by atoms with Crippen LogP contribution in [0.4, 0.5) is 0 Å². The van der Waals surface area contributed by atoms with Gasteiger partial charge < -0.3 is 4.74 Å². The number of allylic oxidation sites excluding steroid dienone is 2. The molecule has 33 heavy (non-hydrogen) atoms. The zero-order chi connectivity index (χ0) is 22.8. The summed E-state index contributed by atoms with van der Waals surface area (Å²) in [6.45, 7) is 1.92. The number of carbonyl (C=O) groups is 2. The molecule has 3 aliphatic rings. The number of hydrogen-bond donors (Lipinski definition) is 0. The first kappa shape index (κ1) is 21.8. The Bertz CT molecular complexity index is 1080. The molecule has 3 atom stereocenters. The van der Waals surface area contributed by atoms with Crippen LogP contribution in [0.2, 0.25) is 0 Å². The van der Waals surface area contributed by atoms with Gasteiger partial charge in [0.15, 0.2) is 5.78 Å². The van der Waals surface area contributed by atoms with Crippen molar-refractivity contribution in [3.05, 3.63) is 83.1 Å². The van der Waals surface area contributed by atoms with Gasteiger partial charge in [-0.1, -0.05) is 67.1 Å². The molecule has 2 aromatic carbocycles. The number of hydrogen-bond acceptors (Lipinski definition) is 4. The molecule has 0 amide bonds. The van der Waals surface area contributed by atoms with Crippen LogP contribution in [0.3, 0.4) is 0 Å². The molecule has 0 bridgehead atoms. The van der Waals surface area contributed by atoms with E-state index in [0.717, 1.165) is 49.1 Å². The first-order valence-corrected chi connectivity index (χ1v) is 12.2. The summed E-state index contributed by atoms with van der Waals surface area (Å²) in [5, 5.41) is 0. The van der Waals surface area contributed by atoms with Crippen molar-refractivity contribution in [1.82, 2.24) is 0 Å². The lowest BCUT2D eigenvalue weighted by Crippen LogP contribution is -2.39. The van der Waals surface area contributed by atoms with Gasteiger partial charge in [0.2, 0.25) is 0 Å². The lowest BCUT2D eigenvalue weighted by Gasteiger charge is -2.37. The molecular weight excluding hydrogens is 410 g/mol. The number of Topliss-reactive ketones (excluding diaryl/α,β-unsaturated/α-hetero) is 1. The summed E-state index contributed by atoms with van der Waals surface area (Å²) in [6, 6.07) is 20.1. The van der Waals surface area contributed by atoms with Crippen LogP contribution in [0, 0.1) is 5.92 Å². The van der Waals surface area contributed by atoms with E-state index in [4.69, 9.17) is 9.73 Å². The smallest absolute Gasteiger partial charge is 0.315 e. The van der Waals surface area contributed by atoms with E-state index in [1.807, 2.05) is 55.5 Å². The third kappa shape index (κ3) is 4.44. The Kier molecular flexibility index (Phi) is 6.26. The summed E-state index contributed by atoms with van der Waals surface area (Å²) in [5.74, 6) is -0.896. The normalized spacial score (nSPS) is 25.9. The summed E-state index contributed by atoms with van der Waals surface area (Å²) in [7, 11) is 0. The predicted molar refractivity (Wildman–Crippen MR) is 129 cm³/mol. The average molecular weight is 442 g/mol. The molecular formula is C29H31NO3. The molecule has 2 aliphatic carbocycles. The molecule has 0 N–H and O–H groups in total. The Morgan fingerprint density at radius 1 is 0.879 bits per heavy atom. The van der Waals surface area contributed by atoms with Crippen molar-refractivity contribution < 1.29 is 14.3 Å². The molecule has 1 saturated carbocycles. The number of aliphatic imine (C=N–C) groups is 1. The Labute approximate surface area is 195 Å². The minimum Gasteiger partial charge on any atom is -0.462 e. The minimum absolute atomic E-state index is 0.0182. The molecule has 1 unspecified atom stereocenters. The summed E-state index contributed by atoms with van der Waals surface area (Å²) < 4.78 is 6.00. The SMILES string of the molecule is CC1=NC2=C(C(=O)C[C@H](c3ccccc3)C2)[C@@H](c2ccccc2)C1C(=O)OC1CCCCC1. The van der Waals surface area contributed by atoms with Crippen molar-refractivity contribution in [3.63, 3.8) is 0 Å². The van der Waals surface area contributed by atoms with Gasteiger partial charge in [0.25, 0.3) is 0 Å². The van der Waals surface area contributed by atoms with E-state index < -0.39 is 5.92 Å². The highest BCUT2D eigenvalue weighted by Crippen LogP contribution is 2.47. The van der Waals surface area contributed by atoms with Crippen molar-refractivity contribution in [2.75, 3.05) is 0 Å². The fourth-order valence-electron chi connectivity index (χ4n) is 5.77. The fraction of sp³-hybridized carbons (Fsp3) is 0.414. The lowest BCUT2D eigenvalue weighted by molar-refractivity contribution is -0.153. The molecule has 0 saturated heterocycles. The highest BCUT2D eigenvalue weighted by molar-refractivity contribution is 6.09. The molecule has 4 nitrogen and oxygen atoms in total. The third-order valence-electron chi connectivity index (χ3n) is 7.41. The van der Waals surface area contributed by atoms with Crippen LogP contribution >= 0.6 is 0 Å². The van der Waals surface area contributed by atoms with Gasteiger partial charge >= 0.3 is 5.97 Å². The predicted octanol–water partition coefficient (Wildman–Crippen LogP) is 6.14. The lowest BCUT2D eigenvalue weighted by atomic mass is 9.69. The molecule has 1 aliphatic heterocycles. The quantitative estimate of drug-likeness (QED) is 0.536. The zero-order valence-electron chi connectivity index (χ0n) is 19.2. The van der Waals surface area contributed by atoms with Crippen molar-refractivity contribution in [2.24, 2.45) is 10.9 Å². The number of ketones is 1. The Morgan fingerprint density at radius 2 is 1.52 bits per heavy atom. The minimum atomic E-state index is -0.551. The zero-order valence-corrected chi connectivity index (χ0v) is 19.2. The van der Waals surface area contributed by atoms with Gasteiger partial charge in [0, 0.05) is 29.3 Å². The molecule has 1 heterocycles. The Balaban J connectivity index is 1.51. The number of esters is 1. The van der Waals surface area contributed by atoms with Crippen molar-refractivity contribution in [3.8, 4) is 0 Å². The van der Waals surface area contributed by atoms with Crippen molar-refractivity contribution >= 4 is 17.5 Å². The van der Waals surface area contributed by atoms with Crippen LogP contribution in [0.25, 0.3) is 0 Å². The standard InChI is InChI=1S/C29H31NO3/c1-19-26(29(32)33-23-15-9-4-10-16-23)27(21-13-7-3-8-14-21)28-24(30-19)17-22(18-25(28)31)20-11-5-2-6-12-20/h2-3,5-8,11-14,22-23,26-27H,4,9-10,15-18H2,1H3/t22-,26?,27+/m1/s1. The second-order valence-corrected chi connectivity index (χ2v) is 9.62. The van der Waals surface area contributed by atoms with Crippen LogP contribution in [-0.4, -0.2) is 23.6 Å². The van der Waals surface area contributed by atoms with Gasteiger partial charge in [0.1, 0.15) is 12.0 Å². The third-order valence-corrected chi connectivity index (χ3v) is 7.41. The van der Waals surface area contributed by atoms with Crippen LogP contribution in [-0.2, 0) is 14.3 Å². The van der Waals surface area contributed by atoms with Gasteiger partial charge in [-0.15, -0.1) is 0 Å². The molecule has 4 heteroatoms. The largest absolute Gasteiger partial charge is 0.462 e. The summed E-state index contributed by atoms with van der Waals surface area (Å²) >= 11 is 0. The molecule has 0 spiro atoms. The second-order valence-electron chi connectivity index (χ2n) is 9.62. The van der Waals surface area contributed by atoms with Crippen LogP contribution < -0.4 is 0 Å². The summed E-state index contributed by atoms with van der Waals surface area (Å²) in [5.41, 5.74) is 4.46. The average Bonchev–Trinajstić information content (AvgIpc) is 2.84. The van der Waals surface area contributed by atoms with Crippen LogP contribution in [0.15, 0.2) is 76.9 Å². The molecule has 170 valence electrons. The van der Waals surface area contributed by atoms with Gasteiger partial charge in [-0.25, -0.2) is 0 Å². The van der Waals surface area contributed by atoms with E-state index in [-0.39, 0.29) is 29.7 Å². The fourth-order valence-corrected chi connectivity index (χ4v) is 5.77. The van der Waals surface area contributed by atoms with E-state index in [2.05, 4.69) is 12.1 Å². The highest BCUT2D eigenvalue weighted by atomic mass is 16.5. The maximum atomic E-state index is 13.6. The van der Waals surface area contributed by atoms with Crippen LogP contribution in [0.5, 0.6) is 0 Å². The second kappa shape index (κ2) is 9.46. The van der Waals surface area contributed by atoms with Crippen molar-refractivity contribution in [1.29, 1.82) is 0 Å². The maximum absolute atomic E-state index is 13.6. The maximum Gasteiger partial charge on any atom is 0.315 e. The Morgan fingerprint density at radius 3 is 2.18 bits per heavy atom. The van der Waals surface area contributed by atoms with Crippen LogP contribution in [0.1, 0.15) is 74.8 Å². The first-order valence-electron chi connectivity index (χ1n) is 12.2. The number of nitrogens with zero attached hydrogens (tertiary/aromatic N) is 1. The summed E-state index contributed by atoms with van der Waals surface area (Å²) in [6.07, 6.45) is 6.42. The molecule has 1 fully saturated rings. The van der Waals surface area contributed by atoms with Crippen molar-refractivity contribution in [2.45, 2.75) is 69.8 Å². The number of carbonyl (C=O) groups excluding carboxylic acids is 2. The number of ether oxygens (including phenoxy) is 1. The van der Waals surface area contributed by atoms with E-state index >= 15 is 0 Å². The van der Waals surface area contributed by atoms with E-state index in [1.54, 1.807) is 0 Å². The molecule has 0 aromatic heterocycles. The Hall–Kier alpha value is -3.01. The highest BCUT2D eigenvalue weighted by Gasteiger charge is 2.45. The number of benzene rings is 2. The van der Waals surface area contributed by atoms with E-state index in [9.17, 15) is 9.59 Å². The van der Waals surface area contributed by atoms with Gasteiger partial charge in [0.05, 0.1) is 0 Å². The monoisotopic (exact) mass is 441 g/mol. The van der Waals surface area contributed by atoms with Gasteiger partial charge in [-0.3, -0.25) is 14.6 Å². The number of rotatable bonds is 4. The molecule has 0 radical (unpaired) electrons. The molecule has 5 rings (SSSR count). The molecule has 2 aromatic rings. The van der Waals surface area contributed by atoms with E-state index in [0.29, 0.717) is 12.0 Å². The first-order chi connectivity index (χ1) is 16.1.